The van der Waals surface area contributed by atoms with E-state index in [-0.39, 0.29) is 5.78 Å². The van der Waals surface area contributed by atoms with Gasteiger partial charge in [-0.2, -0.15) is 0 Å². The minimum absolute atomic E-state index is 0.187. The summed E-state index contributed by atoms with van der Waals surface area (Å²) in [5, 5.41) is 0. The van der Waals surface area contributed by atoms with Crippen molar-refractivity contribution in [1.29, 1.82) is 0 Å². The molecule has 0 bridgehead atoms. The highest BCUT2D eigenvalue weighted by atomic mass is 16.5. The van der Waals surface area contributed by atoms with Gasteiger partial charge in [-0.1, -0.05) is 12.1 Å². The molecule has 0 saturated heterocycles. The Morgan fingerprint density at radius 3 is 2.22 bits per heavy atom. The van der Waals surface area contributed by atoms with E-state index in [1.54, 1.807) is 6.92 Å². The van der Waals surface area contributed by atoms with Gasteiger partial charge in [0.15, 0.2) is 0 Å². The molecule has 1 aliphatic carbocycles. The van der Waals surface area contributed by atoms with Gasteiger partial charge in [0.2, 0.25) is 0 Å². The van der Waals surface area contributed by atoms with Crippen LogP contribution in [0.4, 0.5) is 0 Å². The van der Waals surface area contributed by atoms with Gasteiger partial charge in [-0.25, -0.2) is 0 Å². The SMILES string of the molecule is CC(=O)C(C)(C)c1ccc(OC2CCCC2)cc1. The molecule has 98 valence electrons. The van der Waals surface area contributed by atoms with Crippen molar-refractivity contribution in [3.63, 3.8) is 0 Å². The molecule has 1 aromatic carbocycles. The van der Waals surface area contributed by atoms with Crippen molar-refractivity contribution in [2.75, 3.05) is 0 Å². The molecule has 0 aromatic heterocycles. The largest absolute Gasteiger partial charge is 0.490 e. The fourth-order valence-electron chi connectivity index (χ4n) is 2.35. The van der Waals surface area contributed by atoms with Crippen LogP contribution < -0.4 is 4.74 Å². The standard InChI is InChI=1S/C16H22O2/c1-12(17)16(2,3)13-8-10-15(11-9-13)18-14-6-4-5-7-14/h8-11,14H,4-7H2,1-3H3. The van der Waals surface area contributed by atoms with Crippen LogP contribution in [0.1, 0.15) is 52.0 Å². The van der Waals surface area contributed by atoms with Crippen LogP contribution in [0.25, 0.3) is 0 Å². The maximum Gasteiger partial charge on any atom is 0.139 e. The first-order chi connectivity index (χ1) is 8.50. The number of hydrogen-bond acceptors (Lipinski definition) is 2. The molecule has 0 aliphatic heterocycles. The number of rotatable bonds is 4. The molecule has 2 rings (SSSR count). The van der Waals surface area contributed by atoms with Crippen molar-refractivity contribution in [2.45, 2.75) is 58.0 Å². The summed E-state index contributed by atoms with van der Waals surface area (Å²) in [4.78, 5) is 11.6. The lowest BCUT2D eigenvalue weighted by atomic mass is 9.81. The molecular formula is C16H22O2. The van der Waals surface area contributed by atoms with Crippen LogP contribution >= 0.6 is 0 Å². The molecule has 1 aromatic rings. The molecule has 0 radical (unpaired) electrons. The van der Waals surface area contributed by atoms with E-state index in [0.29, 0.717) is 6.10 Å². The van der Waals surface area contributed by atoms with Gasteiger partial charge in [-0.3, -0.25) is 4.79 Å². The van der Waals surface area contributed by atoms with E-state index in [0.717, 1.165) is 11.3 Å². The Bertz CT molecular complexity index is 411. The topological polar surface area (TPSA) is 26.3 Å². The normalized spacial score (nSPS) is 16.8. The molecule has 18 heavy (non-hydrogen) atoms. The summed E-state index contributed by atoms with van der Waals surface area (Å²) in [5.41, 5.74) is 0.639. The Morgan fingerprint density at radius 2 is 1.72 bits per heavy atom. The molecule has 2 heteroatoms. The van der Waals surface area contributed by atoms with E-state index < -0.39 is 5.41 Å². The van der Waals surface area contributed by atoms with Gasteiger partial charge in [0.25, 0.3) is 0 Å². The zero-order valence-electron chi connectivity index (χ0n) is 11.5. The predicted molar refractivity (Wildman–Crippen MR) is 73.0 cm³/mol. The van der Waals surface area contributed by atoms with Crippen molar-refractivity contribution in [1.82, 2.24) is 0 Å². The second-order valence-corrected chi connectivity index (χ2v) is 5.73. The lowest BCUT2D eigenvalue weighted by Crippen LogP contribution is -2.26. The van der Waals surface area contributed by atoms with E-state index in [1.165, 1.54) is 25.7 Å². The Labute approximate surface area is 109 Å². The molecule has 0 spiro atoms. The van der Waals surface area contributed by atoms with Crippen molar-refractivity contribution in [3.8, 4) is 5.75 Å². The summed E-state index contributed by atoms with van der Waals surface area (Å²) in [6.45, 7) is 5.56. The van der Waals surface area contributed by atoms with Gasteiger partial charge in [-0.05, 0) is 64.2 Å². The van der Waals surface area contributed by atoms with Crippen LogP contribution in [0, 0.1) is 0 Å². The molecular weight excluding hydrogens is 224 g/mol. The quantitative estimate of drug-likeness (QED) is 0.806. The lowest BCUT2D eigenvalue weighted by molar-refractivity contribution is -0.121. The lowest BCUT2D eigenvalue weighted by Gasteiger charge is -2.22. The molecule has 0 atom stereocenters. The van der Waals surface area contributed by atoms with Crippen LogP contribution in [0.3, 0.4) is 0 Å². The van der Waals surface area contributed by atoms with Gasteiger partial charge >= 0.3 is 0 Å². The zero-order valence-corrected chi connectivity index (χ0v) is 11.5. The Kier molecular flexibility index (Phi) is 3.74. The molecule has 1 saturated carbocycles. The van der Waals surface area contributed by atoms with Crippen LogP contribution in [-0.2, 0) is 10.2 Å². The molecule has 1 fully saturated rings. The fraction of sp³-hybridized carbons (Fsp3) is 0.562. The zero-order chi connectivity index (χ0) is 13.2. The van der Waals surface area contributed by atoms with E-state index in [9.17, 15) is 4.79 Å². The first kappa shape index (κ1) is 13.1. The summed E-state index contributed by atoms with van der Waals surface area (Å²) >= 11 is 0. The number of benzene rings is 1. The summed E-state index contributed by atoms with van der Waals surface area (Å²) in [6, 6.07) is 7.98. The number of Topliss-reactive ketones (excluding diaryl/α,β-unsaturated/α-hetero) is 1. The number of carbonyl (C=O) groups excluding carboxylic acids is 1. The van der Waals surface area contributed by atoms with E-state index in [2.05, 4.69) is 0 Å². The maximum absolute atomic E-state index is 11.6. The highest BCUT2D eigenvalue weighted by Gasteiger charge is 2.26. The molecule has 2 nitrogen and oxygen atoms in total. The first-order valence-electron chi connectivity index (χ1n) is 6.78. The van der Waals surface area contributed by atoms with Gasteiger partial charge in [0.05, 0.1) is 6.10 Å². The van der Waals surface area contributed by atoms with Crippen LogP contribution in [0.15, 0.2) is 24.3 Å². The third-order valence-electron chi connectivity index (χ3n) is 4.06. The van der Waals surface area contributed by atoms with E-state index in [4.69, 9.17) is 4.74 Å². The Balaban J connectivity index is 2.07. The van der Waals surface area contributed by atoms with Crippen molar-refractivity contribution in [3.05, 3.63) is 29.8 Å². The fourth-order valence-corrected chi connectivity index (χ4v) is 2.35. The first-order valence-corrected chi connectivity index (χ1v) is 6.78. The number of ketones is 1. The van der Waals surface area contributed by atoms with Gasteiger partial charge in [-0.15, -0.1) is 0 Å². The average molecular weight is 246 g/mol. The molecule has 0 unspecified atom stereocenters. The Morgan fingerprint density at radius 1 is 1.17 bits per heavy atom. The van der Waals surface area contributed by atoms with Gasteiger partial charge < -0.3 is 4.74 Å². The molecule has 0 heterocycles. The van der Waals surface area contributed by atoms with Crippen LogP contribution in [0.5, 0.6) is 5.75 Å². The third kappa shape index (κ3) is 2.74. The van der Waals surface area contributed by atoms with E-state index in [1.807, 2.05) is 38.1 Å². The number of ether oxygens (including phenoxy) is 1. The highest BCUT2D eigenvalue weighted by molar-refractivity contribution is 5.87. The van der Waals surface area contributed by atoms with Gasteiger partial charge in [0, 0.05) is 5.41 Å². The van der Waals surface area contributed by atoms with Crippen molar-refractivity contribution in [2.24, 2.45) is 0 Å². The van der Waals surface area contributed by atoms with E-state index >= 15 is 0 Å². The minimum atomic E-state index is -0.411. The predicted octanol–water partition coefficient (Wildman–Crippen LogP) is 3.87. The summed E-state index contributed by atoms with van der Waals surface area (Å²) in [7, 11) is 0. The van der Waals surface area contributed by atoms with Crippen molar-refractivity contribution < 1.29 is 9.53 Å². The maximum atomic E-state index is 11.6. The second-order valence-electron chi connectivity index (χ2n) is 5.73. The van der Waals surface area contributed by atoms with Crippen LogP contribution in [0.2, 0.25) is 0 Å². The van der Waals surface area contributed by atoms with Gasteiger partial charge in [0.1, 0.15) is 11.5 Å². The highest BCUT2D eigenvalue weighted by Crippen LogP contribution is 2.28. The number of hydrogen-bond donors (Lipinski definition) is 0. The average Bonchev–Trinajstić information content (AvgIpc) is 2.82. The number of carbonyl (C=O) groups is 1. The molecule has 0 N–H and O–H groups in total. The molecule has 1 aliphatic rings. The third-order valence-corrected chi connectivity index (χ3v) is 4.06. The Hall–Kier alpha value is -1.31. The summed E-state index contributed by atoms with van der Waals surface area (Å²) in [5.74, 6) is 1.11. The summed E-state index contributed by atoms with van der Waals surface area (Å²) < 4.78 is 5.92. The van der Waals surface area contributed by atoms with Crippen molar-refractivity contribution >= 4 is 5.78 Å². The van der Waals surface area contributed by atoms with Crippen LogP contribution in [-0.4, -0.2) is 11.9 Å². The monoisotopic (exact) mass is 246 g/mol. The molecule has 0 amide bonds. The minimum Gasteiger partial charge on any atom is -0.490 e. The smallest absolute Gasteiger partial charge is 0.139 e. The summed E-state index contributed by atoms with van der Waals surface area (Å²) in [6.07, 6.45) is 5.28. The second kappa shape index (κ2) is 5.13.